The van der Waals surface area contributed by atoms with Crippen molar-refractivity contribution in [3.05, 3.63) is 62.4 Å². The molecule has 2 aromatic heterocycles. The van der Waals surface area contributed by atoms with Crippen LogP contribution in [0.4, 0.5) is 18.9 Å². The number of hydrogen-bond acceptors (Lipinski definition) is 4. The summed E-state index contributed by atoms with van der Waals surface area (Å²) in [6.45, 7) is 1.61. The van der Waals surface area contributed by atoms with E-state index in [0.29, 0.717) is 10.2 Å². The number of aromatic nitrogens is 3. The van der Waals surface area contributed by atoms with Gasteiger partial charge in [-0.05, 0) is 58.9 Å². The maximum atomic E-state index is 13.2. The Bertz CT molecular complexity index is 1300. The average molecular weight is 583 g/mol. The number of pyridine rings is 1. The van der Waals surface area contributed by atoms with Gasteiger partial charge < -0.3 is 5.32 Å². The highest BCUT2D eigenvalue weighted by Crippen LogP contribution is 2.31. The van der Waals surface area contributed by atoms with Crippen molar-refractivity contribution in [2.45, 2.75) is 18.0 Å². The lowest BCUT2D eigenvalue weighted by molar-refractivity contribution is -0.169. The molecule has 14 heteroatoms. The predicted molar refractivity (Wildman–Crippen MR) is 123 cm³/mol. The predicted octanol–water partition coefficient (Wildman–Crippen LogP) is 5.78. The summed E-state index contributed by atoms with van der Waals surface area (Å²) in [5.74, 6) is -2.68. The van der Waals surface area contributed by atoms with Gasteiger partial charge in [-0.15, -0.1) is 0 Å². The summed E-state index contributed by atoms with van der Waals surface area (Å²) in [7, 11) is -1.56. The highest BCUT2D eigenvalue weighted by Gasteiger charge is 2.39. The average Bonchev–Trinajstić information content (AvgIpc) is 3.10. The Kier molecular flexibility index (Phi) is 7.62. The molecule has 7 nitrogen and oxygen atoms in total. The molecule has 2 amide bonds. The van der Waals surface area contributed by atoms with Gasteiger partial charge in [0.15, 0.2) is 5.82 Å². The number of nitrogens with zero attached hydrogens (tertiary/aromatic N) is 4. The monoisotopic (exact) mass is 581 g/mol. The van der Waals surface area contributed by atoms with Gasteiger partial charge in [0.2, 0.25) is 0 Å². The van der Waals surface area contributed by atoms with E-state index in [1.54, 1.807) is 19.1 Å². The quantitative estimate of drug-likeness (QED) is 0.422. The third kappa shape index (κ3) is 5.81. The van der Waals surface area contributed by atoms with Crippen LogP contribution in [0.15, 0.2) is 50.4 Å². The molecule has 1 atom stereocenters. The number of nitrogens with one attached hydrogen (secondary N) is 1. The fourth-order valence-electron chi connectivity index (χ4n) is 2.72. The minimum atomic E-state index is -5.11. The molecule has 0 aliphatic carbocycles. The molecule has 1 aromatic carbocycles. The zero-order chi connectivity index (χ0) is 24.5. The molecule has 0 radical (unpaired) electrons. The normalized spacial score (nSPS) is 12.6. The zero-order valence-corrected chi connectivity index (χ0v) is 20.7. The van der Waals surface area contributed by atoms with Crippen molar-refractivity contribution in [1.29, 1.82) is 0 Å². The minimum absolute atomic E-state index is 0.0436. The van der Waals surface area contributed by atoms with Crippen molar-refractivity contribution >= 4 is 67.3 Å². The van der Waals surface area contributed by atoms with Gasteiger partial charge in [0.05, 0.1) is 10.7 Å². The van der Waals surface area contributed by atoms with Crippen molar-refractivity contribution in [3.63, 3.8) is 0 Å². The van der Waals surface area contributed by atoms with Crippen molar-refractivity contribution < 1.29 is 22.8 Å². The number of benzene rings is 1. The molecule has 1 N–H and O–H groups in total. The smallest absolute Gasteiger partial charge is 0.319 e. The van der Waals surface area contributed by atoms with E-state index in [-0.39, 0.29) is 32.1 Å². The third-order valence-electron chi connectivity index (χ3n) is 4.14. The molecular formula is C19H13BrCl2F3N5O2S. The number of aryl methyl sites for hydroxylation is 1. The van der Waals surface area contributed by atoms with Crippen molar-refractivity contribution in [2.24, 2.45) is 4.36 Å². The van der Waals surface area contributed by atoms with Crippen LogP contribution < -0.4 is 5.32 Å². The number of rotatable bonds is 4. The van der Waals surface area contributed by atoms with Crippen molar-refractivity contribution in [1.82, 2.24) is 14.8 Å². The van der Waals surface area contributed by atoms with Crippen LogP contribution in [0.3, 0.4) is 0 Å². The van der Waals surface area contributed by atoms with Gasteiger partial charge >= 0.3 is 12.1 Å². The van der Waals surface area contributed by atoms with Crippen LogP contribution in [0.1, 0.15) is 16.1 Å². The molecule has 174 valence electrons. The summed E-state index contributed by atoms with van der Waals surface area (Å²) in [6.07, 6.45) is -2.32. The number of carbonyl (C=O) groups excluding carboxylic acids is 2. The summed E-state index contributed by atoms with van der Waals surface area (Å²) in [5.41, 5.74) is 0.674. The third-order valence-corrected chi connectivity index (χ3v) is 6.43. The van der Waals surface area contributed by atoms with Crippen LogP contribution in [0.25, 0.3) is 5.82 Å². The standard InChI is InChI=1S/C19H13BrCl2F3N5O2S/c1-9-6-10(21)7-13(33(2)29-18(32)19(23,24)25)15(9)27-17(31)12-8-14(20)28-30(12)16-11(22)4-3-5-26-16/h3-8H,1-2H3,(H,27,31). The maximum absolute atomic E-state index is 13.2. The Morgan fingerprint density at radius 1 is 1.24 bits per heavy atom. The van der Waals surface area contributed by atoms with Crippen LogP contribution in [0, 0.1) is 6.92 Å². The summed E-state index contributed by atoms with van der Waals surface area (Å²) < 4.78 is 42.8. The summed E-state index contributed by atoms with van der Waals surface area (Å²) >= 11 is 15.5. The van der Waals surface area contributed by atoms with Gasteiger partial charge in [-0.25, -0.2) is 9.67 Å². The second-order valence-corrected chi connectivity index (χ2v) is 9.73. The number of alkyl halides is 3. The molecule has 3 aromatic rings. The van der Waals surface area contributed by atoms with E-state index in [0.717, 1.165) is 0 Å². The van der Waals surface area contributed by atoms with Crippen LogP contribution in [0.2, 0.25) is 10.0 Å². The number of amides is 2. The second-order valence-electron chi connectivity index (χ2n) is 6.50. The summed E-state index contributed by atoms with van der Waals surface area (Å²) in [4.78, 5) is 28.8. The molecule has 0 fully saturated rings. The molecule has 0 aliphatic heterocycles. The lowest BCUT2D eigenvalue weighted by Crippen LogP contribution is -2.21. The topological polar surface area (TPSA) is 89.2 Å². The van der Waals surface area contributed by atoms with E-state index in [4.69, 9.17) is 23.2 Å². The Labute approximate surface area is 206 Å². The molecular weight excluding hydrogens is 570 g/mol. The fourth-order valence-corrected chi connectivity index (χ4v) is 4.89. The largest absolute Gasteiger partial charge is 0.474 e. The van der Waals surface area contributed by atoms with E-state index in [1.807, 2.05) is 0 Å². The molecule has 0 bridgehead atoms. The van der Waals surface area contributed by atoms with E-state index < -0.39 is 28.7 Å². The summed E-state index contributed by atoms with van der Waals surface area (Å²) in [6, 6.07) is 7.48. The Balaban J connectivity index is 2.05. The molecule has 33 heavy (non-hydrogen) atoms. The van der Waals surface area contributed by atoms with Crippen LogP contribution >= 0.6 is 39.1 Å². The molecule has 3 rings (SSSR count). The second kappa shape index (κ2) is 9.92. The first kappa shape index (κ1) is 25.3. The highest BCUT2D eigenvalue weighted by molar-refractivity contribution is 9.10. The SMILES string of the molecule is Cc1cc(Cl)cc(S(C)=NC(=O)C(F)(F)F)c1NC(=O)c1cc(Br)nn1-c1ncccc1Cl. The first-order chi connectivity index (χ1) is 15.4. The van der Waals surface area contributed by atoms with E-state index in [9.17, 15) is 22.8 Å². The molecule has 2 heterocycles. The fraction of sp³-hybridized carbons (Fsp3) is 0.158. The Morgan fingerprint density at radius 2 is 1.94 bits per heavy atom. The Morgan fingerprint density at radius 3 is 2.58 bits per heavy atom. The van der Waals surface area contributed by atoms with Crippen molar-refractivity contribution in [3.8, 4) is 5.82 Å². The van der Waals surface area contributed by atoms with Gasteiger partial charge in [0, 0.05) is 22.2 Å². The number of carbonyl (C=O) groups is 2. The minimum Gasteiger partial charge on any atom is -0.319 e. The molecule has 0 aliphatic rings. The van der Waals surface area contributed by atoms with E-state index >= 15 is 0 Å². The van der Waals surface area contributed by atoms with Gasteiger partial charge in [0.1, 0.15) is 10.3 Å². The molecule has 0 spiro atoms. The van der Waals surface area contributed by atoms with Gasteiger partial charge in [-0.2, -0.15) is 22.6 Å². The molecule has 0 saturated carbocycles. The number of halogens is 6. The first-order valence-electron chi connectivity index (χ1n) is 8.85. The van der Waals surface area contributed by atoms with Gasteiger partial charge in [-0.3, -0.25) is 9.59 Å². The lowest BCUT2D eigenvalue weighted by atomic mass is 10.2. The first-order valence-corrected chi connectivity index (χ1v) is 12.0. The maximum Gasteiger partial charge on any atom is 0.474 e. The number of hydrogen-bond donors (Lipinski definition) is 1. The van der Waals surface area contributed by atoms with Gasteiger partial charge in [0.25, 0.3) is 5.91 Å². The zero-order valence-electron chi connectivity index (χ0n) is 16.7. The van der Waals surface area contributed by atoms with Gasteiger partial charge in [-0.1, -0.05) is 33.9 Å². The van der Waals surface area contributed by atoms with E-state index in [1.165, 1.54) is 35.3 Å². The summed E-state index contributed by atoms with van der Waals surface area (Å²) in [5, 5.41) is 7.30. The highest BCUT2D eigenvalue weighted by atomic mass is 79.9. The van der Waals surface area contributed by atoms with E-state index in [2.05, 4.69) is 35.7 Å². The van der Waals surface area contributed by atoms with Crippen LogP contribution in [-0.2, 0) is 15.5 Å². The Hall–Kier alpha value is -2.28. The molecule has 0 saturated heterocycles. The lowest BCUT2D eigenvalue weighted by Gasteiger charge is -2.16. The molecule has 1 unspecified atom stereocenters. The van der Waals surface area contributed by atoms with Crippen LogP contribution in [-0.4, -0.2) is 39.0 Å². The van der Waals surface area contributed by atoms with Crippen LogP contribution in [0.5, 0.6) is 0 Å². The van der Waals surface area contributed by atoms with Crippen molar-refractivity contribution in [2.75, 3.05) is 11.6 Å². The number of anilines is 1.